The van der Waals surface area contributed by atoms with Crippen molar-refractivity contribution in [3.8, 4) is 5.75 Å². The Morgan fingerprint density at radius 2 is 2.05 bits per heavy atom. The summed E-state index contributed by atoms with van der Waals surface area (Å²) in [6.45, 7) is 3.53. The molecule has 0 aliphatic carbocycles. The first-order valence-electron chi connectivity index (χ1n) is 6.73. The number of hydrogen-bond acceptors (Lipinski definition) is 3. The van der Waals surface area contributed by atoms with Gasteiger partial charge in [-0.15, -0.1) is 0 Å². The second-order valence-electron chi connectivity index (χ2n) is 4.49. The van der Waals surface area contributed by atoms with E-state index < -0.39 is 0 Å². The molecule has 0 saturated heterocycles. The number of aryl methyl sites for hydroxylation is 1. The van der Waals surface area contributed by atoms with Gasteiger partial charge in [-0.05, 0) is 37.6 Å². The molecule has 2 rings (SSSR count). The van der Waals surface area contributed by atoms with Crippen LogP contribution < -0.4 is 10.1 Å². The average Bonchev–Trinajstić information content (AvgIpc) is 2.99. The van der Waals surface area contributed by atoms with E-state index in [2.05, 4.69) is 17.2 Å². The van der Waals surface area contributed by atoms with E-state index in [9.17, 15) is 0 Å². The molecule has 1 heterocycles. The molecule has 20 heavy (non-hydrogen) atoms. The van der Waals surface area contributed by atoms with E-state index in [1.165, 1.54) is 5.56 Å². The lowest BCUT2D eigenvalue weighted by Crippen LogP contribution is -2.26. The number of benzene rings is 1. The summed E-state index contributed by atoms with van der Waals surface area (Å²) < 4.78 is 11.0. The lowest BCUT2D eigenvalue weighted by atomic mass is 10.2. The fraction of sp³-hybridized carbons (Fsp3) is 0.312. The molecule has 0 bridgehead atoms. The molecule has 1 aromatic carbocycles. The maximum atomic E-state index is 5.66. The molecule has 0 radical (unpaired) electrons. The maximum Gasteiger partial charge on any atom is 0.168 e. The van der Waals surface area contributed by atoms with Crippen LogP contribution in [0, 0.1) is 6.92 Å². The van der Waals surface area contributed by atoms with Gasteiger partial charge in [0.2, 0.25) is 0 Å². The Morgan fingerprint density at radius 1 is 1.25 bits per heavy atom. The van der Waals surface area contributed by atoms with Crippen molar-refractivity contribution in [2.24, 2.45) is 4.99 Å². The largest absolute Gasteiger partial charge is 0.494 e. The van der Waals surface area contributed by atoms with E-state index in [1.807, 2.05) is 36.4 Å². The molecular formula is C16H20N2O2. The van der Waals surface area contributed by atoms with Crippen molar-refractivity contribution in [2.45, 2.75) is 13.3 Å². The van der Waals surface area contributed by atoms with Crippen molar-refractivity contribution in [2.75, 3.05) is 20.2 Å². The van der Waals surface area contributed by atoms with E-state index >= 15 is 0 Å². The van der Waals surface area contributed by atoms with Crippen LogP contribution in [-0.4, -0.2) is 26.0 Å². The van der Waals surface area contributed by atoms with E-state index in [4.69, 9.17) is 9.15 Å². The van der Waals surface area contributed by atoms with Gasteiger partial charge in [0.25, 0.3) is 0 Å². The molecule has 0 spiro atoms. The van der Waals surface area contributed by atoms with Crippen LogP contribution in [-0.2, 0) is 0 Å². The molecule has 106 valence electrons. The van der Waals surface area contributed by atoms with Crippen LogP contribution in [0.2, 0.25) is 0 Å². The minimum atomic E-state index is 0.672. The SMILES string of the molecule is CN=C(NCCCOc1ccc(C)cc1)c1ccco1. The minimum Gasteiger partial charge on any atom is -0.494 e. The Bertz CT molecular complexity index is 530. The highest BCUT2D eigenvalue weighted by Crippen LogP contribution is 2.11. The number of rotatable bonds is 6. The van der Waals surface area contributed by atoms with Gasteiger partial charge in [-0.25, -0.2) is 0 Å². The first kappa shape index (κ1) is 14.2. The summed E-state index contributed by atoms with van der Waals surface area (Å²) in [5, 5.41) is 3.24. The summed E-state index contributed by atoms with van der Waals surface area (Å²) in [6, 6.07) is 11.8. The van der Waals surface area contributed by atoms with E-state index in [0.29, 0.717) is 6.61 Å². The van der Waals surface area contributed by atoms with E-state index in [1.54, 1.807) is 13.3 Å². The molecule has 1 N–H and O–H groups in total. The number of hydrogen-bond donors (Lipinski definition) is 1. The molecule has 0 fully saturated rings. The zero-order valence-corrected chi connectivity index (χ0v) is 11.9. The van der Waals surface area contributed by atoms with E-state index in [0.717, 1.165) is 30.3 Å². The van der Waals surface area contributed by atoms with Gasteiger partial charge in [-0.3, -0.25) is 4.99 Å². The highest BCUT2D eigenvalue weighted by atomic mass is 16.5. The Kier molecular flexibility index (Phi) is 5.24. The normalized spacial score (nSPS) is 11.4. The molecule has 2 aromatic rings. The highest BCUT2D eigenvalue weighted by Gasteiger charge is 2.04. The van der Waals surface area contributed by atoms with Crippen molar-refractivity contribution in [1.29, 1.82) is 0 Å². The van der Waals surface area contributed by atoms with Crippen molar-refractivity contribution in [3.05, 3.63) is 54.0 Å². The Hall–Kier alpha value is -2.23. The molecule has 4 nitrogen and oxygen atoms in total. The van der Waals surface area contributed by atoms with Crippen molar-refractivity contribution in [3.63, 3.8) is 0 Å². The molecule has 1 aromatic heterocycles. The van der Waals surface area contributed by atoms with Crippen LogP contribution in [0.4, 0.5) is 0 Å². The summed E-state index contributed by atoms with van der Waals surface area (Å²) in [5.41, 5.74) is 1.24. The molecule has 4 heteroatoms. The van der Waals surface area contributed by atoms with Gasteiger partial charge in [0, 0.05) is 13.6 Å². The standard InChI is InChI=1S/C16H20N2O2/c1-13-6-8-14(9-7-13)19-12-4-10-18-16(17-2)15-5-3-11-20-15/h3,5-9,11H,4,10,12H2,1-2H3,(H,17,18). The van der Waals surface area contributed by atoms with Crippen molar-refractivity contribution in [1.82, 2.24) is 5.32 Å². The fourth-order valence-electron chi connectivity index (χ4n) is 1.79. The summed E-state index contributed by atoms with van der Waals surface area (Å²) in [4.78, 5) is 4.17. The Labute approximate surface area is 119 Å². The molecule has 0 saturated carbocycles. The molecule has 0 amide bonds. The number of nitrogens with one attached hydrogen (secondary N) is 1. The van der Waals surface area contributed by atoms with Gasteiger partial charge in [0.15, 0.2) is 11.6 Å². The molecule has 0 atom stereocenters. The second kappa shape index (κ2) is 7.38. The topological polar surface area (TPSA) is 46.8 Å². The zero-order chi connectivity index (χ0) is 14.2. The molecule has 0 unspecified atom stereocenters. The highest BCUT2D eigenvalue weighted by molar-refractivity contribution is 5.96. The first-order chi connectivity index (χ1) is 9.79. The quantitative estimate of drug-likeness (QED) is 0.499. The predicted molar refractivity (Wildman–Crippen MR) is 80.5 cm³/mol. The third kappa shape index (κ3) is 4.16. The van der Waals surface area contributed by atoms with Gasteiger partial charge in [-0.2, -0.15) is 0 Å². The van der Waals surface area contributed by atoms with Crippen LogP contribution in [0.5, 0.6) is 5.75 Å². The Balaban J connectivity index is 1.67. The third-order valence-corrected chi connectivity index (χ3v) is 2.88. The zero-order valence-electron chi connectivity index (χ0n) is 11.9. The van der Waals surface area contributed by atoms with Crippen molar-refractivity contribution >= 4 is 5.84 Å². The number of amidine groups is 1. The van der Waals surface area contributed by atoms with Gasteiger partial charge >= 0.3 is 0 Å². The average molecular weight is 272 g/mol. The predicted octanol–water partition coefficient (Wildman–Crippen LogP) is 3.02. The van der Waals surface area contributed by atoms with Crippen LogP contribution >= 0.6 is 0 Å². The van der Waals surface area contributed by atoms with Crippen LogP contribution in [0.25, 0.3) is 0 Å². The smallest absolute Gasteiger partial charge is 0.168 e. The monoisotopic (exact) mass is 272 g/mol. The van der Waals surface area contributed by atoms with Crippen LogP contribution in [0.1, 0.15) is 17.7 Å². The summed E-state index contributed by atoms with van der Waals surface area (Å²) in [5.74, 6) is 2.43. The third-order valence-electron chi connectivity index (χ3n) is 2.88. The summed E-state index contributed by atoms with van der Waals surface area (Å²) in [6.07, 6.45) is 2.54. The van der Waals surface area contributed by atoms with Crippen molar-refractivity contribution < 1.29 is 9.15 Å². The fourth-order valence-corrected chi connectivity index (χ4v) is 1.79. The number of aliphatic imine (C=N–C) groups is 1. The van der Waals surface area contributed by atoms with Gasteiger partial charge in [0.05, 0.1) is 12.9 Å². The Morgan fingerprint density at radius 3 is 2.70 bits per heavy atom. The minimum absolute atomic E-state index is 0.672. The molecular weight excluding hydrogens is 252 g/mol. The van der Waals surface area contributed by atoms with Crippen LogP contribution in [0.15, 0.2) is 52.1 Å². The molecule has 0 aliphatic heterocycles. The van der Waals surface area contributed by atoms with Gasteiger partial charge < -0.3 is 14.5 Å². The second-order valence-corrected chi connectivity index (χ2v) is 4.49. The van der Waals surface area contributed by atoms with E-state index in [-0.39, 0.29) is 0 Å². The lowest BCUT2D eigenvalue weighted by Gasteiger charge is -2.08. The lowest BCUT2D eigenvalue weighted by molar-refractivity contribution is 0.311. The first-order valence-corrected chi connectivity index (χ1v) is 6.73. The number of ether oxygens (including phenoxy) is 1. The molecule has 0 aliphatic rings. The van der Waals surface area contributed by atoms with Gasteiger partial charge in [0.1, 0.15) is 5.75 Å². The van der Waals surface area contributed by atoms with Gasteiger partial charge in [-0.1, -0.05) is 17.7 Å². The summed E-state index contributed by atoms with van der Waals surface area (Å²) >= 11 is 0. The number of nitrogens with zero attached hydrogens (tertiary/aromatic N) is 1. The number of furan rings is 1. The maximum absolute atomic E-state index is 5.66. The van der Waals surface area contributed by atoms with Crippen LogP contribution in [0.3, 0.4) is 0 Å². The summed E-state index contributed by atoms with van der Waals surface area (Å²) in [7, 11) is 1.74.